The summed E-state index contributed by atoms with van der Waals surface area (Å²) >= 11 is 0. The van der Waals surface area contributed by atoms with Crippen molar-refractivity contribution in [2.45, 2.75) is 6.04 Å². The predicted octanol–water partition coefficient (Wildman–Crippen LogP) is 4.05. The van der Waals surface area contributed by atoms with Crippen LogP contribution in [0.1, 0.15) is 17.2 Å². The molecule has 1 atom stereocenters. The molecule has 0 saturated carbocycles. The average molecular weight is 316 g/mol. The molecule has 2 aromatic carbocycles. The molecule has 116 valence electrons. The van der Waals surface area contributed by atoms with Crippen LogP contribution in [0.3, 0.4) is 0 Å². The number of anilines is 1. The summed E-state index contributed by atoms with van der Waals surface area (Å²) in [7, 11) is 0. The Labute approximate surface area is 137 Å². The number of fused-ring (bicyclic) bond motifs is 2. The van der Waals surface area contributed by atoms with Crippen LogP contribution in [0.2, 0.25) is 0 Å². The van der Waals surface area contributed by atoms with Crippen molar-refractivity contribution in [3.05, 3.63) is 84.1 Å². The Bertz CT molecular complexity index is 1070. The zero-order valence-electron chi connectivity index (χ0n) is 12.6. The van der Waals surface area contributed by atoms with E-state index in [1.807, 2.05) is 48.7 Å². The average Bonchev–Trinajstić information content (AvgIpc) is 2.98. The minimum Gasteiger partial charge on any atom is -0.373 e. The largest absolute Gasteiger partial charge is 0.373 e. The zero-order valence-corrected chi connectivity index (χ0v) is 12.6. The van der Waals surface area contributed by atoms with Crippen molar-refractivity contribution in [1.29, 1.82) is 0 Å². The normalized spacial score (nSPS) is 15.6. The van der Waals surface area contributed by atoms with Crippen molar-refractivity contribution < 1.29 is 4.39 Å². The molecule has 1 unspecified atom stereocenters. The first-order chi connectivity index (χ1) is 11.8. The van der Waals surface area contributed by atoms with Gasteiger partial charge in [-0.05, 0) is 18.2 Å². The lowest BCUT2D eigenvalue weighted by Gasteiger charge is -2.19. The van der Waals surface area contributed by atoms with E-state index in [0.717, 1.165) is 28.0 Å². The maximum Gasteiger partial charge on any atom is 0.137 e. The van der Waals surface area contributed by atoms with Crippen LogP contribution >= 0.6 is 0 Å². The number of aromatic nitrogens is 3. The number of halogens is 1. The van der Waals surface area contributed by atoms with E-state index in [-0.39, 0.29) is 11.9 Å². The maximum atomic E-state index is 14.5. The molecule has 0 fully saturated rings. The fourth-order valence-electron chi connectivity index (χ4n) is 3.41. The molecular weight excluding hydrogens is 303 g/mol. The summed E-state index contributed by atoms with van der Waals surface area (Å²) in [6.45, 7) is 0. The van der Waals surface area contributed by atoms with Crippen LogP contribution in [-0.4, -0.2) is 14.6 Å². The number of rotatable bonds is 1. The highest BCUT2D eigenvalue weighted by atomic mass is 19.1. The van der Waals surface area contributed by atoms with Gasteiger partial charge >= 0.3 is 0 Å². The summed E-state index contributed by atoms with van der Waals surface area (Å²) in [5.41, 5.74) is 5.25. The van der Waals surface area contributed by atoms with Crippen LogP contribution < -0.4 is 5.32 Å². The molecule has 2 aromatic heterocycles. The number of hydrogen-bond acceptors (Lipinski definition) is 3. The van der Waals surface area contributed by atoms with Crippen molar-refractivity contribution in [2.24, 2.45) is 0 Å². The van der Waals surface area contributed by atoms with Gasteiger partial charge < -0.3 is 5.32 Å². The van der Waals surface area contributed by atoms with Crippen LogP contribution in [0.5, 0.6) is 0 Å². The van der Waals surface area contributed by atoms with Gasteiger partial charge in [-0.15, -0.1) is 0 Å². The van der Waals surface area contributed by atoms with Gasteiger partial charge in [0.05, 0.1) is 11.6 Å². The topological polar surface area (TPSA) is 42.2 Å². The summed E-state index contributed by atoms with van der Waals surface area (Å²) in [5.74, 6) is -0.230. The van der Waals surface area contributed by atoms with Gasteiger partial charge in [-0.3, -0.25) is 0 Å². The molecule has 24 heavy (non-hydrogen) atoms. The van der Waals surface area contributed by atoms with E-state index < -0.39 is 0 Å². The fourth-order valence-corrected chi connectivity index (χ4v) is 3.41. The van der Waals surface area contributed by atoms with Gasteiger partial charge in [0, 0.05) is 28.6 Å². The van der Waals surface area contributed by atoms with Gasteiger partial charge in [0.25, 0.3) is 0 Å². The smallest absolute Gasteiger partial charge is 0.137 e. The summed E-state index contributed by atoms with van der Waals surface area (Å²) in [6, 6.07) is 16.5. The van der Waals surface area contributed by atoms with Crippen LogP contribution in [0, 0.1) is 5.82 Å². The Balaban J connectivity index is 1.87. The van der Waals surface area contributed by atoms with Crippen molar-refractivity contribution in [3.8, 4) is 11.3 Å². The van der Waals surface area contributed by atoms with E-state index in [1.54, 1.807) is 16.9 Å². The van der Waals surface area contributed by atoms with Crippen molar-refractivity contribution in [1.82, 2.24) is 14.6 Å². The molecular formula is C19H13FN4. The minimum absolute atomic E-state index is 0.230. The molecule has 0 amide bonds. The van der Waals surface area contributed by atoms with E-state index in [4.69, 9.17) is 0 Å². The highest BCUT2D eigenvalue weighted by Gasteiger charge is 2.27. The molecule has 1 N–H and O–H groups in total. The second-order valence-corrected chi connectivity index (χ2v) is 5.82. The molecule has 5 rings (SSSR count). The second kappa shape index (κ2) is 4.89. The number of nitrogens with zero attached hydrogens (tertiary/aromatic N) is 3. The number of nitrogens with one attached hydrogen (secondary N) is 1. The van der Waals surface area contributed by atoms with E-state index >= 15 is 0 Å². The number of para-hydroxylation sites is 1. The lowest BCUT2D eigenvalue weighted by atomic mass is 9.99. The van der Waals surface area contributed by atoms with E-state index in [2.05, 4.69) is 15.4 Å². The van der Waals surface area contributed by atoms with Gasteiger partial charge in [0.15, 0.2) is 0 Å². The van der Waals surface area contributed by atoms with Crippen molar-refractivity contribution in [3.63, 3.8) is 0 Å². The third-order valence-electron chi connectivity index (χ3n) is 4.49. The van der Waals surface area contributed by atoms with Gasteiger partial charge in [-0.2, -0.15) is 5.10 Å². The highest BCUT2D eigenvalue weighted by Crippen LogP contribution is 2.41. The molecule has 0 saturated heterocycles. The van der Waals surface area contributed by atoms with Gasteiger partial charge in [0.2, 0.25) is 0 Å². The van der Waals surface area contributed by atoms with Gasteiger partial charge in [0.1, 0.15) is 17.8 Å². The lowest BCUT2D eigenvalue weighted by molar-refractivity contribution is 0.605. The molecule has 0 aliphatic carbocycles. The first-order valence-electron chi connectivity index (χ1n) is 7.75. The second-order valence-electron chi connectivity index (χ2n) is 5.82. The Hall–Kier alpha value is -3.21. The molecule has 0 radical (unpaired) electrons. The van der Waals surface area contributed by atoms with E-state index in [1.165, 1.54) is 6.07 Å². The van der Waals surface area contributed by atoms with Crippen molar-refractivity contribution in [2.75, 3.05) is 5.32 Å². The standard InChI is InChI=1S/C19H13FN4/c20-15-7-3-1-5-12(15)17-14-9-10-24-19(14)18(21-11-22-24)13-6-2-4-8-16(13)23-17/h1-11,17,23H. The maximum absolute atomic E-state index is 14.5. The molecule has 1 aliphatic heterocycles. The number of benzene rings is 2. The molecule has 4 nitrogen and oxygen atoms in total. The zero-order chi connectivity index (χ0) is 16.1. The molecule has 5 heteroatoms. The van der Waals surface area contributed by atoms with Gasteiger partial charge in [-0.25, -0.2) is 13.9 Å². The van der Waals surface area contributed by atoms with Crippen LogP contribution in [0.25, 0.3) is 16.8 Å². The van der Waals surface area contributed by atoms with Crippen LogP contribution in [-0.2, 0) is 0 Å². The summed E-state index contributed by atoms with van der Waals surface area (Å²) < 4.78 is 16.3. The first kappa shape index (κ1) is 13.2. The Morgan fingerprint density at radius 1 is 0.958 bits per heavy atom. The number of hydrogen-bond donors (Lipinski definition) is 1. The SMILES string of the molecule is Fc1ccccc1C1Nc2ccccc2-c2ncnn3ccc1c23. The van der Waals surface area contributed by atoms with E-state index in [0.29, 0.717) is 5.56 Å². The minimum atomic E-state index is -0.301. The summed E-state index contributed by atoms with van der Waals surface area (Å²) in [4.78, 5) is 4.50. The molecule has 4 aromatic rings. The van der Waals surface area contributed by atoms with Crippen molar-refractivity contribution >= 4 is 11.2 Å². The summed E-state index contributed by atoms with van der Waals surface area (Å²) in [5, 5.41) is 7.78. The quantitative estimate of drug-likeness (QED) is 0.576. The highest BCUT2D eigenvalue weighted by molar-refractivity contribution is 5.89. The Kier molecular flexibility index (Phi) is 2.70. The van der Waals surface area contributed by atoms with E-state index in [9.17, 15) is 4.39 Å². The predicted molar refractivity (Wildman–Crippen MR) is 90.3 cm³/mol. The first-order valence-corrected chi connectivity index (χ1v) is 7.75. The Morgan fingerprint density at radius 3 is 2.71 bits per heavy atom. The third kappa shape index (κ3) is 1.78. The van der Waals surface area contributed by atoms with Crippen LogP contribution in [0.15, 0.2) is 67.1 Å². The molecule has 1 aliphatic rings. The monoisotopic (exact) mass is 316 g/mol. The molecule has 0 spiro atoms. The van der Waals surface area contributed by atoms with Crippen LogP contribution in [0.4, 0.5) is 10.1 Å². The lowest BCUT2D eigenvalue weighted by Crippen LogP contribution is -2.13. The molecule has 3 heterocycles. The third-order valence-corrected chi connectivity index (χ3v) is 4.49. The summed E-state index contributed by atoms with van der Waals surface area (Å²) in [6.07, 6.45) is 3.44. The van der Waals surface area contributed by atoms with Gasteiger partial charge in [-0.1, -0.05) is 36.4 Å². The Morgan fingerprint density at radius 2 is 1.79 bits per heavy atom. The molecule has 0 bridgehead atoms. The fraction of sp³-hybridized carbons (Fsp3) is 0.0526.